The van der Waals surface area contributed by atoms with Crippen molar-refractivity contribution in [3.8, 4) is 28.7 Å². The van der Waals surface area contributed by atoms with E-state index in [1.807, 2.05) is 48.0 Å². The molecule has 0 radical (unpaired) electrons. The van der Waals surface area contributed by atoms with Gasteiger partial charge in [-0.15, -0.1) is 0 Å². The number of hydrogen-bond acceptors (Lipinski definition) is 10. The number of aryl methyl sites for hydroxylation is 1. The molecule has 0 spiro atoms. The zero-order chi connectivity index (χ0) is 36.8. The molecule has 1 fully saturated rings. The summed E-state index contributed by atoms with van der Waals surface area (Å²) in [5.74, 6) is -1.03. The summed E-state index contributed by atoms with van der Waals surface area (Å²) < 4.78 is 13.0. The van der Waals surface area contributed by atoms with E-state index in [-0.39, 0.29) is 30.4 Å². The van der Waals surface area contributed by atoms with Gasteiger partial charge in [0.25, 0.3) is 5.91 Å². The minimum atomic E-state index is -0.926. The van der Waals surface area contributed by atoms with Crippen LogP contribution in [0.4, 0.5) is 5.69 Å². The number of esters is 1. The maximum Gasteiger partial charge on any atom is 0.317 e. The lowest BCUT2D eigenvalue weighted by Gasteiger charge is -2.23. The number of benzene rings is 3. The number of carboxylic acid groups (broad SMARTS) is 1. The molecule has 0 bridgehead atoms. The van der Waals surface area contributed by atoms with Crippen LogP contribution in [0.25, 0.3) is 33.7 Å². The molecular weight excluding hydrogens is 674 g/mol. The van der Waals surface area contributed by atoms with E-state index in [4.69, 9.17) is 19.2 Å². The van der Waals surface area contributed by atoms with Crippen molar-refractivity contribution in [2.75, 3.05) is 38.2 Å². The van der Waals surface area contributed by atoms with Gasteiger partial charge in [0.1, 0.15) is 11.6 Å². The van der Waals surface area contributed by atoms with Crippen LogP contribution in [-0.2, 0) is 33.8 Å². The number of amides is 1. The van der Waals surface area contributed by atoms with Crippen LogP contribution >= 0.6 is 0 Å². The lowest BCUT2D eigenvalue weighted by atomic mass is 9.92. The molecule has 5 aromatic rings. The van der Waals surface area contributed by atoms with E-state index >= 15 is 0 Å². The van der Waals surface area contributed by atoms with Gasteiger partial charge in [0, 0.05) is 43.5 Å². The fourth-order valence-electron chi connectivity index (χ4n) is 8.17. The van der Waals surface area contributed by atoms with Crippen LogP contribution in [0, 0.1) is 24.2 Å². The van der Waals surface area contributed by atoms with Crippen molar-refractivity contribution in [2.45, 2.75) is 51.7 Å². The average molecular weight is 714 g/mol. The second kappa shape index (κ2) is 13.9. The number of rotatable bonds is 9. The highest BCUT2D eigenvalue weighted by atomic mass is 16.5. The quantitative estimate of drug-likeness (QED) is 0.192. The van der Waals surface area contributed by atoms with E-state index in [1.165, 1.54) is 7.11 Å². The minimum Gasteiger partial charge on any atom is -0.480 e. The highest BCUT2D eigenvalue weighted by molar-refractivity contribution is 6.07. The molecule has 270 valence electrons. The number of anilines is 1. The summed E-state index contributed by atoms with van der Waals surface area (Å²) in [5.41, 5.74) is 9.24. The zero-order valence-corrected chi connectivity index (χ0v) is 29.6. The summed E-state index contributed by atoms with van der Waals surface area (Å²) in [6.07, 6.45) is 3.04. The molecule has 13 heteroatoms. The van der Waals surface area contributed by atoms with Crippen molar-refractivity contribution in [3.63, 3.8) is 0 Å². The van der Waals surface area contributed by atoms with E-state index < -0.39 is 5.97 Å². The first-order valence-corrected chi connectivity index (χ1v) is 17.9. The average Bonchev–Trinajstić information content (AvgIpc) is 3.98. The smallest absolute Gasteiger partial charge is 0.317 e. The number of carboxylic acids is 1. The van der Waals surface area contributed by atoms with Gasteiger partial charge >= 0.3 is 11.9 Å². The number of oxazole rings is 1. The summed E-state index contributed by atoms with van der Waals surface area (Å²) in [6, 6.07) is 19.7. The van der Waals surface area contributed by atoms with Gasteiger partial charge < -0.3 is 19.2 Å². The van der Waals surface area contributed by atoms with Gasteiger partial charge in [0.15, 0.2) is 11.3 Å². The number of carbonyl (C=O) groups is 3. The Morgan fingerprint density at radius 2 is 1.87 bits per heavy atom. The third-order valence-electron chi connectivity index (χ3n) is 10.8. The van der Waals surface area contributed by atoms with Gasteiger partial charge in [0.2, 0.25) is 5.89 Å². The van der Waals surface area contributed by atoms with Crippen LogP contribution < -0.4 is 10.2 Å². The Bertz CT molecular complexity index is 2320. The fraction of sp³-hybridized carbons (Fsp3) is 0.350. The standard InChI is InChI=1S/C40H39N7O6/c1-23-27(6-3-7-28(23)38-43-32-17-24(16-26(19-41)37(32)53-38)21-45-14-11-25(22-45)40(51)52-2)29-8-4-10-34-30(29)12-15-46(34)39(50)33-18-35-31(42-20-36(48)49)9-5-13-47(35)44-33/h3-4,6-8,10,16-18,25,31,42H,5,9,11-15,20-22H2,1-2H3,(H,48,49)/t25-,31?/m1/s1. The van der Waals surface area contributed by atoms with Gasteiger partial charge in [0.05, 0.1) is 30.8 Å². The maximum atomic E-state index is 13.9. The molecule has 0 saturated carbocycles. The summed E-state index contributed by atoms with van der Waals surface area (Å²) >= 11 is 0. The maximum absolute atomic E-state index is 13.9. The van der Waals surface area contributed by atoms with Gasteiger partial charge in [-0.2, -0.15) is 10.4 Å². The number of hydrogen-bond donors (Lipinski definition) is 2. The monoisotopic (exact) mass is 713 g/mol. The van der Waals surface area contributed by atoms with Crippen molar-refractivity contribution in [3.05, 3.63) is 88.2 Å². The number of nitriles is 1. The molecule has 5 heterocycles. The molecule has 3 aliphatic heterocycles. The van der Waals surface area contributed by atoms with E-state index in [0.717, 1.165) is 70.6 Å². The van der Waals surface area contributed by atoms with E-state index in [2.05, 4.69) is 33.5 Å². The minimum absolute atomic E-state index is 0.145. The molecule has 3 aliphatic rings. The van der Waals surface area contributed by atoms with Crippen LogP contribution in [0.3, 0.4) is 0 Å². The van der Waals surface area contributed by atoms with Crippen molar-refractivity contribution in [1.29, 1.82) is 5.26 Å². The van der Waals surface area contributed by atoms with Crippen LogP contribution in [0.5, 0.6) is 0 Å². The predicted octanol–water partition coefficient (Wildman–Crippen LogP) is 5.25. The largest absolute Gasteiger partial charge is 0.480 e. The number of nitrogens with zero attached hydrogens (tertiary/aromatic N) is 6. The topological polar surface area (TPSA) is 167 Å². The van der Waals surface area contributed by atoms with Crippen LogP contribution in [0.2, 0.25) is 0 Å². The highest BCUT2D eigenvalue weighted by Gasteiger charge is 2.32. The van der Waals surface area contributed by atoms with Crippen molar-refractivity contribution >= 4 is 34.6 Å². The van der Waals surface area contributed by atoms with Crippen molar-refractivity contribution in [1.82, 2.24) is 25.0 Å². The van der Waals surface area contributed by atoms with Crippen molar-refractivity contribution < 1.29 is 28.6 Å². The number of aromatic nitrogens is 3. The van der Waals surface area contributed by atoms with Gasteiger partial charge in [-0.25, -0.2) is 4.98 Å². The normalized spacial score (nSPS) is 18.2. The first-order chi connectivity index (χ1) is 25.7. The Labute approximate surface area is 305 Å². The Kier molecular flexibility index (Phi) is 9.01. The number of fused-ring (bicyclic) bond motifs is 3. The number of aliphatic carboxylic acids is 1. The molecule has 1 unspecified atom stereocenters. The molecule has 3 aromatic carbocycles. The fourth-order valence-corrected chi connectivity index (χ4v) is 8.17. The SMILES string of the molecule is COC(=O)[C@@H]1CCN(Cc2cc(C#N)c3oc(-c4cccc(-c5cccc6c5CCN6C(=O)c5cc6n(n5)CCCC6NCC(=O)O)c4C)nc3c2)C1. The molecule has 2 atom stereocenters. The summed E-state index contributed by atoms with van der Waals surface area (Å²) in [6.45, 7) is 5.03. The molecule has 1 saturated heterocycles. The van der Waals surface area contributed by atoms with Crippen LogP contribution in [0.15, 0.2) is 59.0 Å². The Balaban J connectivity index is 1.06. The van der Waals surface area contributed by atoms with Gasteiger partial charge in [-0.1, -0.05) is 24.3 Å². The second-order valence-electron chi connectivity index (χ2n) is 14.0. The highest BCUT2D eigenvalue weighted by Crippen LogP contribution is 2.41. The third kappa shape index (κ3) is 6.34. The number of ether oxygens (including phenoxy) is 1. The molecule has 0 aliphatic carbocycles. The summed E-state index contributed by atoms with van der Waals surface area (Å²) in [7, 11) is 1.41. The molecule has 1 amide bonds. The molecule has 8 rings (SSSR count). The molecule has 2 aromatic heterocycles. The molecule has 13 nitrogen and oxygen atoms in total. The first-order valence-electron chi connectivity index (χ1n) is 17.9. The predicted molar refractivity (Wildman–Crippen MR) is 195 cm³/mol. The van der Waals surface area contributed by atoms with Crippen LogP contribution in [-0.4, -0.2) is 75.9 Å². The summed E-state index contributed by atoms with van der Waals surface area (Å²) in [4.78, 5) is 46.0. The lowest BCUT2D eigenvalue weighted by molar-refractivity contribution is -0.145. The summed E-state index contributed by atoms with van der Waals surface area (Å²) in [5, 5.41) is 26.9. The Hall–Kier alpha value is -5.84. The van der Waals surface area contributed by atoms with Gasteiger partial charge in [-0.05, 0) is 97.3 Å². The Morgan fingerprint density at radius 1 is 1.06 bits per heavy atom. The first kappa shape index (κ1) is 34.3. The van der Waals surface area contributed by atoms with Gasteiger partial charge in [-0.3, -0.25) is 29.3 Å². The third-order valence-corrected chi connectivity index (χ3v) is 10.8. The second-order valence-corrected chi connectivity index (χ2v) is 14.0. The molecule has 2 N–H and O–H groups in total. The number of likely N-dealkylation sites (tertiary alicyclic amines) is 1. The van der Waals surface area contributed by atoms with Crippen molar-refractivity contribution in [2.24, 2.45) is 5.92 Å². The molecule has 53 heavy (non-hydrogen) atoms. The number of methoxy groups -OCH3 is 1. The van der Waals surface area contributed by atoms with E-state index in [9.17, 15) is 19.6 Å². The lowest BCUT2D eigenvalue weighted by Crippen LogP contribution is -2.31. The number of nitrogens with one attached hydrogen (secondary N) is 1. The van der Waals surface area contributed by atoms with E-state index in [1.54, 1.807) is 11.0 Å². The Morgan fingerprint density at radius 3 is 2.68 bits per heavy atom. The number of carbonyl (C=O) groups excluding carboxylic acids is 2. The zero-order valence-electron chi connectivity index (χ0n) is 29.6. The van der Waals surface area contributed by atoms with Crippen LogP contribution in [0.1, 0.15) is 63.7 Å². The van der Waals surface area contributed by atoms with E-state index in [0.29, 0.717) is 60.8 Å². The molecular formula is C40H39N7O6.